The van der Waals surface area contributed by atoms with E-state index in [4.69, 9.17) is 4.74 Å². The zero-order chi connectivity index (χ0) is 13.2. The second-order valence-corrected chi connectivity index (χ2v) is 4.86. The molecule has 1 fully saturated rings. The zero-order valence-corrected chi connectivity index (χ0v) is 10.8. The van der Waals surface area contributed by atoms with Gasteiger partial charge in [-0.15, -0.1) is 0 Å². The van der Waals surface area contributed by atoms with Gasteiger partial charge >= 0.3 is 0 Å². The van der Waals surface area contributed by atoms with E-state index in [2.05, 4.69) is 0 Å². The van der Waals surface area contributed by atoms with Gasteiger partial charge in [0.05, 0.1) is 25.8 Å². The van der Waals surface area contributed by atoms with Crippen LogP contribution in [0.15, 0.2) is 24.3 Å². The molecule has 4 heteroatoms. The minimum Gasteiger partial charge on any atom is -0.497 e. The highest BCUT2D eigenvalue weighted by Gasteiger charge is 2.42. The number of likely N-dealkylation sites (tertiary alicyclic amines) is 1. The lowest BCUT2D eigenvalue weighted by atomic mass is 9.89. The summed E-state index contributed by atoms with van der Waals surface area (Å²) in [6.45, 7) is 2.91. The first kappa shape index (κ1) is 12.9. The van der Waals surface area contributed by atoms with E-state index in [-0.39, 0.29) is 5.91 Å². The van der Waals surface area contributed by atoms with Crippen LogP contribution in [-0.4, -0.2) is 41.7 Å². The highest BCUT2D eigenvalue weighted by Crippen LogP contribution is 2.27. The van der Waals surface area contributed by atoms with E-state index >= 15 is 0 Å². The Bertz CT molecular complexity index is 421. The van der Waals surface area contributed by atoms with Crippen molar-refractivity contribution >= 4 is 5.91 Å². The maximum absolute atomic E-state index is 12.1. The Balaban J connectivity index is 1.97. The van der Waals surface area contributed by atoms with E-state index in [0.29, 0.717) is 18.7 Å². The summed E-state index contributed by atoms with van der Waals surface area (Å²) in [6, 6.07) is 7.03. The van der Waals surface area contributed by atoms with Crippen LogP contribution in [0.1, 0.15) is 30.1 Å². The Morgan fingerprint density at radius 2 is 2.00 bits per heavy atom. The van der Waals surface area contributed by atoms with Crippen LogP contribution in [-0.2, 0) is 0 Å². The molecule has 1 aliphatic heterocycles. The molecule has 0 saturated carbocycles. The lowest BCUT2D eigenvalue weighted by Gasteiger charge is -2.46. The quantitative estimate of drug-likeness (QED) is 0.883. The maximum Gasteiger partial charge on any atom is 0.254 e. The van der Waals surface area contributed by atoms with Crippen molar-refractivity contribution in [3.05, 3.63) is 29.8 Å². The van der Waals surface area contributed by atoms with Gasteiger partial charge in [-0.2, -0.15) is 0 Å². The van der Waals surface area contributed by atoms with Crippen LogP contribution in [0, 0.1) is 0 Å². The van der Waals surface area contributed by atoms with E-state index in [0.717, 1.165) is 18.6 Å². The molecule has 0 radical (unpaired) electrons. The third kappa shape index (κ3) is 2.48. The molecule has 98 valence electrons. The van der Waals surface area contributed by atoms with E-state index in [9.17, 15) is 9.90 Å². The highest BCUT2D eigenvalue weighted by molar-refractivity contribution is 5.95. The second kappa shape index (κ2) is 4.98. The average molecular weight is 249 g/mol. The summed E-state index contributed by atoms with van der Waals surface area (Å²) in [7, 11) is 1.59. The predicted molar refractivity (Wildman–Crippen MR) is 68.8 cm³/mol. The largest absolute Gasteiger partial charge is 0.497 e. The van der Waals surface area contributed by atoms with E-state index in [1.165, 1.54) is 0 Å². The summed E-state index contributed by atoms with van der Waals surface area (Å²) in [5.74, 6) is 0.705. The minimum atomic E-state index is -0.670. The average Bonchev–Trinajstić information content (AvgIpc) is 2.35. The third-order valence-electron chi connectivity index (χ3n) is 3.31. The summed E-state index contributed by atoms with van der Waals surface area (Å²) in [5.41, 5.74) is -0.0361. The predicted octanol–water partition coefficient (Wildman–Crippen LogP) is 1.68. The number of amides is 1. The SMILES string of the molecule is CCCC1(O)CN(C(=O)c2ccc(OC)cc2)C1. The number of nitrogens with zero attached hydrogens (tertiary/aromatic N) is 1. The number of hydrogen-bond donors (Lipinski definition) is 1. The summed E-state index contributed by atoms with van der Waals surface area (Å²) < 4.78 is 5.05. The maximum atomic E-state index is 12.1. The number of β-amino-alcohol motifs (C(OH)–C–C–N with tert-alkyl or cyclic N) is 1. The van der Waals surface area contributed by atoms with Crippen molar-refractivity contribution in [2.24, 2.45) is 0 Å². The Hall–Kier alpha value is -1.55. The van der Waals surface area contributed by atoms with E-state index in [1.54, 1.807) is 36.3 Å². The molecule has 1 N–H and O–H groups in total. The second-order valence-electron chi connectivity index (χ2n) is 4.86. The fourth-order valence-corrected chi connectivity index (χ4v) is 2.35. The molecule has 1 aromatic rings. The number of methoxy groups -OCH3 is 1. The Kier molecular flexibility index (Phi) is 3.57. The van der Waals surface area contributed by atoms with Crippen LogP contribution in [0.3, 0.4) is 0 Å². The van der Waals surface area contributed by atoms with Crippen molar-refractivity contribution in [3.63, 3.8) is 0 Å². The molecule has 18 heavy (non-hydrogen) atoms. The van der Waals surface area contributed by atoms with Crippen LogP contribution < -0.4 is 4.74 Å². The molecule has 0 aliphatic carbocycles. The molecule has 1 amide bonds. The van der Waals surface area contributed by atoms with Crippen molar-refractivity contribution in [1.82, 2.24) is 4.90 Å². The van der Waals surface area contributed by atoms with Crippen LogP contribution in [0.2, 0.25) is 0 Å². The number of ether oxygens (including phenoxy) is 1. The van der Waals surface area contributed by atoms with Gasteiger partial charge in [-0.1, -0.05) is 13.3 Å². The monoisotopic (exact) mass is 249 g/mol. The Labute approximate surface area is 107 Å². The lowest BCUT2D eigenvalue weighted by Crippen LogP contribution is -2.63. The first-order valence-corrected chi connectivity index (χ1v) is 6.24. The molecule has 2 rings (SSSR count). The number of carbonyl (C=O) groups excluding carboxylic acids is 1. The normalized spacial score (nSPS) is 17.2. The summed E-state index contributed by atoms with van der Waals surface area (Å²) in [5, 5.41) is 10.0. The van der Waals surface area contributed by atoms with E-state index < -0.39 is 5.60 Å². The smallest absolute Gasteiger partial charge is 0.254 e. The molecule has 1 heterocycles. The third-order valence-corrected chi connectivity index (χ3v) is 3.31. The minimum absolute atomic E-state index is 0.0292. The molecule has 0 bridgehead atoms. The Morgan fingerprint density at radius 3 is 2.50 bits per heavy atom. The number of hydrogen-bond acceptors (Lipinski definition) is 3. The van der Waals surface area contributed by atoms with Crippen molar-refractivity contribution < 1.29 is 14.6 Å². The van der Waals surface area contributed by atoms with Gasteiger partial charge in [-0.25, -0.2) is 0 Å². The molecule has 0 spiro atoms. The van der Waals surface area contributed by atoms with Crippen LogP contribution in [0.5, 0.6) is 5.75 Å². The lowest BCUT2D eigenvalue weighted by molar-refractivity contribution is -0.0860. The van der Waals surface area contributed by atoms with Crippen molar-refractivity contribution in [3.8, 4) is 5.75 Å². The first-order valence-electron chi connectivity index (χ1n) is 6.24. The van der Waals surface area contributed by atoms with Crippen LogP contribution >= 0.6 is 0 Å². The number of aliphatic hydroxyl groups is 1. The molecule has 0 aromatic heterocycles. The number of benzene rings is 1. The number of carbonyl (C=O) groups is 1. The molecule has 0 atom stereocenters. The van der Waals surface area contributed by atoms with Crippen LogP contribution in [0.4, 0.5) is 0 Å². The Morgan fingerprint density at radius 1 is 1.39 bits per heavy atom. The molecule has 1 aliphatic rings. The van der Waals surface area contributed by atoms with Gasteiger partial charge in [-0.3, -0.25) is 4.79 Å². The molecule has 1 aromatic carbocycles. The molecular formula is C14H19NO3. The van der Waals surface area contributed by atoms with Crippen molar-refractivity contribution in [2.75, 3.05) is 20.2 Å². The fraction of sp³-hybridized carbons (Fsp3) is 0.500. The van der Waals surface area contributed by atoms with Crippen molar-refractivity contribution in [2.45, 2.75) is 25.4 Å². The molecule has 0 unspecified atom stereocenters. The highest BCUT2D eigenvalue weighted by atomic mass is 16.5. The fourth-order valence-electron chi connectivity index (χ4n) is 2.35. The van der Waals surface area contributed by atoms with Gasteiger partial charge in [0.25, 0.3) is 5.91 Å². The van der Waals surface area contributed by atoms with Crippen LogP contribution in [0.25, 0.3) is 0 Å². The van der Waals surface area contributed by atoms with Gasteiger partial charge in [0, 0.05) is 5.56 Å². The summed E-state index contributed by atoms with van der Waals surface area (Å²) in [6.07, 6.45) is 1.68. The number of rotatable bonds is 4. The summed E-state index contributed by atoms with van der Waals surface area (Å²) >= 11 is 0. The van der Waals surface area contributed by atoms with Gasteiger partial charge in [0.1, 0.15) is 5.75 Å². The standard InChI is InChI=1S/C14H19NO3/c1-3-8-14(17)9-15(10-14)13(16)11-4-6-12(18-2)7-5-11/h4-7,17H,3,8-10H2,1-2H3. The molecule has 4 nitrogen and oxygen atoms in total. The van der Waals surface area contributed by atoms with Gasteiger partial charge < -0.3 is 14.7 Å². The van der Waals surface area contributed by atoms with Gasteiger partial charge in [-0.05, 0) is 30.7 Å². The van der Waals surface area contributed by atoms with E-state index in [1.807, 2.05) is 6.92 Å². The molecular weight excluding hydrogens is 230 g/mol. The molecule has 1 saturated heterocycles. The van der Waals surface area contributed by atoms with Gasteiger partial charge in [0.2, 0.25) is 0 Å². The van der Waals surface area contributed by atoms with Gasteiger partial charge in [0.15, 0.2) is 0 Å². The first-order chi connectivity index (χ1) is 8.58. The summed E-state index contributed by atoms with van der Waals surface area (Å²) in [4.78, 5) is 13.8. The topological polar surface area (TPSA) is 49.8 Å². The van der Waals surface area contributed by atoms with Crippen molar-refractivity contribution in [1.29, 1.82) is 0 Å². The zero-order valence-electron chi connectivity index (χ0n) is 10.8.